The molecule has 0 aliphatic carbocycles. The summed E-state index contributed by atoms with van der Waals surface area (Å²) in [5.41, 5.74) is 1.33. The molecule has 0 bridgehead atoms. The first-order valence-electron chi connectivity index (χ1n) is 8.47. The van der Waals surface area contributed by atoms with Gasteiger partial charge in [0.1, 0.15) is 5.70 Å². The lowest BCUT2D eigenvalue weighted by molar-refractivity contribution is -0.384. The molecule has 3 amide bonds. The van der Waals surface area contributed by atoms with E-state index in [2.05, 4.69) is 5.32 Å². The first-order valence-corrected chi connectivity index (χ1v) is 8.47. The highest BCUT2D eigenvalue weighted by atomic mass is 16.6. The molecule has 0 aromatic heterocycles. The van der Waals surface area contributed by atoms with Gasteiger partial charge in [-0.05, 0) is 18.6 Å². The van der Waals surface area contributed by atoms with Crippen molar-refractivity contribution in [1.82, 2.24) is 10.2 Å². The van der Waals surface area contributed by atoms with Crippen molar-refractivity contribution in [3.63, 3.8) is 0 Å². The maximum atomic E-state index is 12.4. The van der Waals surface area contributed by atoms with E-state index in [1.807, 2.05) is 11.8 Å². The third-order valence-corrected chi connectivity index (χ3v) is 4.28. The van der Waals surface area contributed by atoms with Crippen molar-refractivity contribution < 1.29 is 19.2 Å². The Hall–Kier alpha value is -2.94. The molecule has 2 fully saturated rings. The number of benzene rings is 1. The van der Waals surface area contributed by atoms with Crippen LogP contribution in [0.2, 0.25) is 0 Å². The quantitative estimate of drug-likeness (QED) is 0.371. The van der Waals surface area contributed by atoms with E-state index in [0.717, 1.165) is 10.6 Å². The average molecular weight is 360 g/mol. The Morgan fingerprint density at radius 2 is 2.04 bits per heavy atom. The van der Waals surface area contributed by atoms with Gasteiger partial charge >= 0.3 is 6.03 Å². The lowest BCUT2D eigenvalue weighted by Crippen LogP contribution is -2.36. The Morgan fingerprint density at radius 1 is 1.31 bits per heavy atom. The number of non-ortho nitro benzene ring substituents is 1. The number of nitro benzene ring substituents is 1. The molecule has 138 valence electrons. The normalized spacial score (nSPS) is 19.2. The highest BCUT2D eigenvalue weighted by Crippen LogP contribution is 2.29. The predicted octanol–water partition coefficient (Wildman–Crippen LogP) is 1.73. The number of amides is 3. The third-order valence-electron chi connectivity index (χ3n) is 4.28. The second-order valence-corrected chi connectivity index (χ2v) is 6.04. The van der Waals surface area contributed by atoms with Crippen molar-refractivity contribution in [2.75, 3.05) is 37.7 Å². The van der Waals surface area contributed by atoms with E-state index in [1.165, 1.54) is 18.2 Å². The zero-order valence-electron chi connectivity index (χ0n) is 14.4. The summed E-state index contributed by atoms with van der Waals surface area (Å²) < 4.78 is 5.35. The molecular weight excluding hydrogens is 340 g/mol. The largest absolute Gasteiger partial charge is 0.378 e. The Labute approximate surface area is 150 Å². The van der Waals surface area contributed by atoms with Crippen molar-refractivity contribution in [2.24, 2.45) is 0 Å². The van der Waals surface area contributed by atoms with E-state index < -0.39 is 16.9 Å². The Morgan fingerprint density at radius 3 is 2.69 bits per heavy atom. The Balaban J connectivity index is 1.99. The summed E-state index contributed by atoms with van der Waals surface area (Å²) in [4.78, 5) is 38.2. The number of urea groups is 1. The molecule has 26 heavy (non-hydrogen) atoms. The molecular formula is C17H20N4O5. The Kier molecular flexibility index (Phi) is 5.17. The van der Waals surface area contributed by atoms with E-state index >= 15 is 0 Å². The minimum Gasteiger partial charge on any atom is -0.378 e. The number of rotatable bonds is 5. The molecule has 1 aromatic rings. The van der Waals surface area contributed by atoms with Crippen LogP contribution in [0.5, 0.6) is 0 Å². The molecule has 2 heterocycles. The van der Waals surface area contributed by atoms with Gasteiger partial charge in [-0.15, -0.1) is 0 Å². The van der Waals surface area contributed by atoms with Crippen LogP contribution in [0.3, 0.4) is 0 Å². The van der Waals surface area contributed by atoms with Crippen molar-refractivity contribution in [3.8, 4) is 0 Å². The summed E-state index contributed by atoms with van der Waals surface area (Å²) >= 11 is 0. The van der Waals surface area contributed by atoms with Crippen molar-refractivity contribution in [3.05, 3.63) is 39.6 Å². The van der Waals surface area contributed by atoms with Gasteiger partial charge in [0, 0.05) is 43.0 Å². The number of nitrogens with one attached hydrogen (secondary N) is 1. The molecule has 2 aliphatic heterocycles. The maximum Gasteiger partial charge on any atom is 0.329 e. The number of anilines is 1. The summed E-state index contributed by atoms with van der Waals surface area (Å²) in [6, 6.07) is 4.05. The molecule has 1 aromatic carbocycles. The Bertz CT molecular complexity index is 770. The fourth-order valence-electron chi connectivity index (χ4n) is 3.02. The zero-order chi connectivity index (χ0) is 18.7. The maximum absolute atomic E-state index is 12.4. The van der Waals surface area contributed by atoms with Crippen LogP contribution >= 0.6 is 0 Å². The van der Waals surface area contributed by atoms with Gasteiger partial charge in [-0.3, -0.25) is 19.8 Å². The van der Waals surface area contributed by atoms with E-state index in [4.69, 9.17) is 4.74 Å². The molecule has 9 nitrogen and oxygen atoms in total. The zero-order valence-corrected chi connectivity index (χ0v) is 14.4. The van der Waals surface area contributed by atoms with Gasteiger partial charge in [-0.1, -0.05) is 6.92 Å². The molecule has 0 unspecified atom stereocenters. The molecule has 0 atom stereocenters. The number of morpholine rings is 1. The fraction of sp³-hybridized carbons (Fsp3) is 0.412. The molecule has 3 rings (SSSR count). The highest BCUT2D eigenvalue weighted by molar-refractivity contribution is 6.14. The topological polar surface area (TPSA) is 105 Å². The third kappa shape index (κ3) is 3.52. The van der Waals surface area contributed by atoms with Gasteiger partial charge in [-0.2, -0.15) is 0 Å². The van der Waals surface area contributed by atoms with Gasteiger partial charge in [-0.25, -0.2) is 4.79 Å². The number of carbonyl (C=O) groups is 2. The number of nitrogens with zero attached hydrogens (tertiary/aromatic N) is 3. The van der Waals surface area contributed by atoms with Crippen LogP contribution in [0.15, 0.2) is 23.9 Å². The van der Waals surface area contributed by atoms with Crippen LogP contribution in [-0.2, 0) is 9.53 Å². The van der Waals surface area contributed by atoms with Crippen LogP contribution in [-0.4, -0.2) is 54.6 Å². The monoisotopic (exact) mass is 360 g/mol. The summed E-state index contributed by atoms with van der Waals surface area (Å²) in [5, 5.41) is 13.7. The van der Waals surface area contributed by atoms with Crippen LogP contribution in [0, 0.1) is 10.1 Å². The molecule has 2 saturated heterocycles. The van der Waals surface area contributed by atoms with Gasteiger partial charge in [0.25, 0.3) is 11.6 Å². The van der Waals surface area contributed by atoms with Crippen LogP contribution in [0.4, 0.5) is 16.2 Å². The van der Waals surface area contributed by atoms with Gasteiger partial charge in [0.15, 0.2) is 0 Å². The molecule has 0 radical (unpaired) electrons. The fourth-order valence-corrected chi connectivity index (χ4v) is 3.02. The summed E-state index contributed by atoms with van der Waals surface area (Å²) in [7, 11) is 0. The minimum absolute atomic E-state index is 0.0731. The van der Waals surface area contributed by atoms with Gasteiger partial charge < -0.3 is 15.0 Å². The lowest BCUT2D eigenvalue weighted by Gasteiger charge is -2.30. The smallest absolute Gasteiger partial charge is 0.329 e. The number of imide groups is 1. The molecule has 0 spiro atoms. The summed E-state index contributed by atoms with van der Waals surface area (Å²) in [6.07, 6.45) is 2.16. The van der Waals surface area contributed by atoms with Crippen molar-refractivity contribution in [1.29, 1.82) is 0 Å². The van der Waals surface area contributed by atoms with E-state index in [1.54, 1.807) is 6.07 Å². The molecule has 9 heteroatoms. The molecule has 1 N–H and O–H groups in total. The van der Waals surface area contributed by atoms with Crippen molar-refractivity contribution in [2.45, 2.75) is 13.3 Å². The van der Waals surface area contributed by atoms with E-state index in [-0.39, 0.29) is 11.4 Å². The van der Waals surface area contributed by atoms with Gasteiger partial charge in [0.2, 0.25) is 0 Å². The second-order valence-electron chi connectivity index (χ2n) is 6.04. The standard InChI is InChI=1S/C17H20N4O5/c1-2-5-20-16(22)14(18-17(20)23)11-12-10-13(21(24)25)3-4-15(12)19-6-8-26-9-7-19/h3-4,10-11H,2,5-9H2,1H3,(H,18,23)/b14-11-. The number of hydrogen-bond donors (Lipinski definition) is 1. The van der Waals surface area contributed by atoms with Crippen LogP contribution in [0.1, 0.15) is 18.9 Å². The number of hydrogen-bond acceptors (Lipinski definition) is 6. The minimum atomic E-state index is -0.483. The van der Waals surface area contributed by atoms with Crippen LogP contribution < -0.4 is 10.2 Å². The number of carbonyl (C=O) groups excluding carboxylic acids is 2. The van der Waals surface area contributed by atoms with E-state index in [0.29, 0.717) is 44.8 Å². The van der Waals surface area contributed by atoms with Crippen LogP contribution in [0.25, 0.3) is 6.08 Å². The number of ether oxygens (including phenoxy) is 1. The molecule has 0 saturated carbocycles. The summed E-state index contributed by atoms with van der Waals surface area (Å²) in [6.45, 7) is 4.62. The highest BCUT2D eigenvalue weighted by Gasteiger charge is 2.33. The average Bonchev–Trinajstić information content (AvgIpc) is 2.90. The summed E-state index contributed by atoms with van der Waals surface area (Å²) in [5.74, 6) is -0.420. The van der Waals surface area contributed by atoms with Gasteiger partial charge in [0.05, 0.1) is 18.1 Å². The number of nitro groups is 1. The first-order chi connectivity index (χ1) is 12.5. The lowest BCUT2D eigenvalue weighted by atomic mass is 10.1. The predicted molar refractivity (Wildman–Crippen MR) is 94.6 cm³/mol. The van der Waals surface area contributed by atoms with Crippen molar-refractivity contribution >= 4 is 29.4 Å². The van der Waals surface area contributed by atoms with E-state index in [9.17, 15) is 19.7 Å². The SMILES string of the molecule is CCCN1C(=O)N/C(=C\c2cc([N+](=O)[O-])ccc2N2CCOCC2)C1=O. The first kappa shape index (κ1) is 17.9. The molecule has 2 aliphatic rings. The second kappa shape index (κ2) is 7.52.